The number of hydrogen-bond acceptors (Lipinski definition) is 4. The third kappa shape index (κ3) is 3.57. The fraction of sp³-hybridized carbons (Fsp3) is 0.0435. The third-order valence-electron chi connectivity index (χ3n) is 4.62. The van der Waals surface area contributed by atoms with E-state index in [1.165, 1.54) is 11.3 Å². The van der Waals surface area contributed by atoms with Crippen molar-refractivity contribution in [3.63, 3.8) is 0 Å². The molecule has 0 unspecified atom stereocenters. The van der Waals surface area contributed by atoms with Crippen molar-refractivity contribution >= 4 is 49.3 Å². The first-order chi connectivity index (χ1) is 14.2. The molecule has 0 bridgehead atoms. The molecule has 2 heterocycles. The van der Waals surface area contributed by atoms with Crippen molar-refractivity contribution in [1.29, 1.82) is 0 Å². The Balaban J connectivity index is 1.46. The van der Waals surface area contributed by atoms with Gasteiger partial charge < -0.3 is 4.74 Å². The summed E-state index contributed by atoms with van der Waals surface area (Å²) in [6.45, 7) is 0.488. The van der Waals surface area contributed by atoms with Gasteiger partial charge in [0.2, 0.25) is 0 Å². The van der Waals surface area contributed by atoms with Gasteiger partial charge in [-0.15, -0.1) is 0 Å². The number of aromatic nitrogens is 2. The van der Waals surface area contributed by atoms with E-state index in [0.29, 0.717) is 16.1 Å². The number of ether oxygens (including phenoxy) is 1. The number of nitrogens with zero attached hydrogens (tertiary/aromatic N) is 2. The fourth-order valence-corrected chi connectivity index (χ4v) is 4.46. The summed E-state index contributed by atoms with van der Waals surface area (Å²) in [5.41, 5.74) is 3.65. The highest BCUT2D eigenvalue weighted by Gasteiger charge is 2.10. The zero-order valence-corrected chi connectivity index (χ0v) is 17.6. The molecule has 5 aromatic rings. The number of imidazole rings is 1. The van der Waals surface area contributed by atoms with Crippen LogP contribution in [0.2, 0.25) is 0 Å². The zero-order chi connectivity index (χ0) is 19.8. The van der Waals surface area contributed by atoms with E-state index in [0.717, 1.165) is 32.4 Å². The molecule has 0 aliphatic carbocycles. The SMILES string of the molecule is O=c1/c(=C\c2cccc(OCc3ccc(Br)cc3)c2)sc2nc3ccccc3n12. The van der Waals surface area contributed by atoms with Crippen LogP contribution in [-0.2, 0) is 6.61 Å². The lowest BCUT2D eigenvalue weighted by Gasteiger charge is -2.07. The largest absolute Gasteiger partial charge is 0.489 e. The minimum Gasteiger partial charge on any atom is -0.489 e. The molecule has 0 N–H and O–H groups in total. The molecule has 6 heteroatoms. The monoisotopic (exact) mass is 462 g/mol. The maximum Gasteiger partial charge on any atom is 0.274 e. The van der Waals surface area contributed by atoms with Gasteiger partial charge in [-0.3, -0.25) is 4.79 Å². The molecule has 0 radical (unpaired) electrons. The van der Waals surface area contributed by atoms with Gasteiger partial charge in [0.15, 0.2) is 4.96 Å². The number of benzene rings is 3. The van der Waals surface area contributed by atoms with Crippen molar-refractivity contribution in [2.45, 2.75) is 6.61 Å². The molecule has 29 heavy (non-hydrogen) atoms. The lowest BCUT2D eigenvalue weighted by molar-refractivity contribution is 0.306. The summed E-state index contributed by atoms with van der Waals surface area (Å²) < 4.78 is 9.29. The van der Waals surface area contributed by atoms with Crippen LogP contribution in [0.15, 0.2) is 82.1 Å². The maximum atomic E-state index is 12.9. The van der Waals surface area contributed by atoms with E-state index < -0.39 is 0 Å². The Bertz CT molecular complexity index is 1440. The van der Waals surface area contributed by atoms with E-state index in [4.69, 9.17) is 4.74 Å². The van der Waals surface area contributed by atoms with Crippen LogP contribution >= 0.6 is 27.3 Å². The summed E-state index contributed by atoms with van der Waals surface area (Å²) in [5, 5.41) is 0. The predicted molar refractivity (Wildman–Crippen MR) is 121 cm³/mol. The smallest absolute Gasteiger partial charge is 0.274 e. The van der Waals surface area contributed by atoms with Crippen molar-refractivity contribution in [1.82, 2.24) is 9.38 Å². The van der Waals surface area contributed by atoms with Crippen LogP contribution in [0.25, 0.3) is 22.1 Å². The van der Waals surface area contributed by atoms with Gasteiger partial charge in [-0.2, -0.15) is 0 Å². The summed E-state index contributed by atoms with van der Waals surface area (Å²) in [6.07, 6.45) is 1.89. The molecule has 3 aromatic carbocycles. The average Bonchev–Trinajstić information content (AvgIpc) is 3.24. The number of halogens is 1. The summed E-state index contributed by atoms with van der Waals surface area (Å²) >= 11 is 4.84. The van der Waals surface area contributed by atoms with Crippen LogP contribution in [0.3, 0.4) is 0 Å². The highest BCUT2D eigenvalue weighted by atomic mass is 79.9. The normalized spacial score (nSPS) is 12.1. The zero-order valence-electron chi connectivity index (χ0n) is 15.2. The van der Waals surface area contributed by atoms with E-state index in [1.807, 2.05) is 78.9 Å². The summed E-state index contributed by atoms with van der Waals surface area (Å²) in [4.78, 5) is 18.2. The van der Waals surface area contributed by atoms with E-state index >= 15 is 0 Å². The molecule has 0 saturated heterocycles. The Morgan fingerprint density at radius 1 is 1.03 bits per heavy atom. The highest BCUT2D eigenvalue weighted by molar-refractivity contribution is 9.10. The van der Waals surface area contributed by atoms with Crippen molar-refractivity contribution in [3.05, 3.63) is 103 Å². The second-order valence-corrected chi connectivity index (χ2v) is 8.55. The van der Waals surface area contributed by atoms with Crippen molar-refractivity contribution in [2.24, 2.45) is 0 Å². The van der Waals surface area contributed by atoms with Crippen LogP contribution in [-0.4, -0.2) is 9.38 Å². The van der Waals surface area contributed by atoms with Gasteiger partial charge in [0.1, 0.15) is 12.4 Å². The molecule has 0 amide bonds. The Kier molecular flexibility index (Phi) is 4.66. The number of rotatable bonds is 4. The van der Waals surface area contributed by atoms with Crippen molar-refractivity contribution < 1.29 is 4.74 Å². The minimum atomic E-state index is -0.0418. The van der Waals surface area contributed by atoms with Gasteiger partial charge in [0, 0.05) is 4.47 Å². The molecule has 0 aliphatic rings. The Hall–Kier alpha value is -2.96. The van der Waals surface area contributed by atoms with E-state index in [1.54, 1.807) is 4.40 Å². The number of hydrogen-bond donors (Lipinski definition) is 0. The fourth-order valence-electron chi connectivity index (χ4n) is 3.20. The molecule has 4 nitrogen and oxygen atoms in total. The summed E-state index contributed by atoms with van der Waals surface area (Å²) in [5.74, 6) is 0.765. The van der Waals surface area contributed by atoms with Gasteiger partial charge in [-0.25, -0.2) is 9.38 Å². The first-order valence-corrected chi connectivity index (χ1v) is 10.7. The average molecular weight is 463 g/mol. The van der Waals surface area contributed by atoms with Crippen LogP contribution in [0.1, 0.15) is 11.1 Å². The van der Waals surface area contributed by atoms with Crippen LogP contribution in [0.4, 0.5) is 0 Å². The number of thiazole rings is 1. The lowest BCUT2D eigenvalue weighted by atomic mass is 10.2. The molecular formula is C23H15BrN2O2S. The van der Waals surface area contributed by atoms with Crippen molar-refractivity contribution in [3.8, 4) is 5.75 Å². The second-order valence-electron chi connectivity index (χ2n) is 6.62. The molecule has 0 atom stereocenters. The Morgan fingerprint density at radius 2 is 1.86 bits per heavy atom. The van der Waals surface area contributed by atoms with Gasteiger partial charge >= 0.3 is 0 Å². The molecule has 5 rings (SSSR count). The van der Waals surface area contributed by atoms with Gasteiger partial charge in [0.25, 0.3) is 5.56 Å². The number of para-hydroxylation sites is 2. The lowest BCUT2D eigenvalue weighted by Crippen LogP contribution is -2.22. The van der Waals surface area contributed by atoms with Gasteiger partial charge in [0.05, 0.1) is 15.6 Å². The standard InChI is InChI=1S/C23H15BrN2O2S/c24-17-10-8-15(9-11-17)14-28-18-5-3-4-16(12-18)13-21-22(27)26-20-7-2-1-6-19(20)25-23(26)29-21/h1-13H,14H2/b21-13+. The molecule has 0 saturated carbocycles. The highest BCUT2D eigenvalue weighted by Crippen LogP contribution is 2.18. The predicted octanol–water partition coefficient (Wildman–Crippen LogP) is 4.80. The molecule has 2 aromatic heterocycles. The number of fused-ring (bicyclic) bond motifs is 3. The quantitative estimate of drug-likeness (QED) is 0.385. The van der Waals surface area contributed by atoms with Gasteiger partial charge in [-0.05, 0) is 53.6 Å². The van der Waals surface area contributed by atoms with Gasteiger partial charge in [-0.1, -0.05) is 63.7 Å². The molecule has 0 aliphatic heterocycles. The first kappa shape index (κ1) is 18.1. The van der Waals surface area contributed by atoms with E-state index in [9.17, 15) is 4.79 Å². The Morgan fingerprint density at radius 3 is 2.72 bits per heavy atom. The maximum absolute atomic E-state index is 12.9. The van der Waals surface area contributed by atoms with Crippen LogP contribution in [0, 0.1) is 0 Å². The van der Waals surface area contributed by atoms with Crippen molar-refractivity contribution in [2.75, 3.05) is 0 Å². The van der Waals surface area contributed by atoms with Crippen LogP contribution < -0.4 is 14.8 Å². The van der Waals surface area contributed by atoms with E-state index in [-0.39, 0.29) is 5.56 Å². The molecular weight excluding hydrogens is 448 g/mol. The third-order valence-corrected chi connectivity index (χ3v) is 6.12. The first-order valence-electron chi connectivity index (χ1n) is 9.06. The topological polar surface area (TPSA) is 43.6 Å². The second kappa shape index (κ2) is 7.46. The summed E-state index contributed by atoms with van der Waals surface area (Å²) in [7, 11) is 0. The van der Waals surface area contributed by atoms with E-state index in [2.05, 4.69) is 20.9 Å². The van der Waals surface area contributed by atoms with Crippen LogP contribution in [0.5, 0.6) is 5.75 Å². The summed E-state index contributed by atoms with van der Waals surface area (Å²) in [6, 6.07) is 23.5. The molecule has 0 spiro atoms. The molecule has 0 fully saturated rings. The minimum absolute atomic E-state index is 0.0418. The molecule has 142 valence electrons. The Labute approximate surface area is 178 Å².